The highest BCUT2D eigenvalue weighted by Gasteiger charge is 2.08. The summed E-state index contributed by atoms with van der Waals surface area (Å²) in [6.07, 6.45) is 0.839. The predicted molar refractivity (Wildman–Crippen MR) is 93.4 cm³/mol. The Hall–Kier alpha value is -1.28. The van der Waals surface area contributed by atoms with Crippen LogP contribution in [0.25, 0.3) is 0 Å². The molecule has 2 aromatic carbocycles. The van der Waals surface area contributed by atoms with Crippen LogP contribution in [-0.2, 0) is 6.42 Å². The van der Waals surface area contributed by atoms with Crippen molar-refractivity contribution in [2.75, 3.05) is 13.2 Å². The maximum atomic E-state index is 5.72. The monoisotopic (exact) mass is 407 g/mol. The van der Waals surface area contributed by atoms with Crippen LogP contribution in [0.2, 0.25) is 0 Å². The highest BCUT2D eigenvalue weighted by atomic mass is 79.9. The largest absolute Gasteiger partial charge is 0.479 e. The average molecular weight is 409 g/mol. The summed E-state index contributed by atoms with van der Waals surface area (Å²) in [4.78, 5) is 0. The van der Waals surface area contributed by atoms with E-state index in [1.54, 1.807) is 0 Å². The average Bonchev–Trinajstić information content (AvgIpc) is 2.47. The molecule has 2 nitrogen and oxygen atoms in total. The third-order valence-electron chi connectivity index (χ3n) is 2.79. The smallest absolute Gasteiger partial charge is 0.149 e. The fourth-order valence-electron chi connectivity index (χ4n) is 1.83. The molecule has 0 bridgehead atoms. The van der Waals surface area contributed by atoms with Crippen molar-refractivity contribution in [1.82, 2.24) is 0 Å². The molecule has 0 heterocycles. The van der Waals surface area contributed by atoms with Crippen molar-refractivity contribution in [1.29, 1.82) is 0 Å². The Balaban J connectivity index is 2.02. The minimum absolute atomic E-state index is 0.336. The number of rotatable bonds is 4. The minimum atomic E-state index is 0.336. The van der Waals surface area contributed by atoms with Gasteiger partial charge in [-0.2, -0.15) is 0 Å². The zero-order valence-corrected chi connectivity index (χ0v) is 14.6. The van der Waals surface area contributed by atoms with Crippen molar-refractivity contribution in [3.63, 3.8) is 0 Å². The highest BCUT2D eigenvalue weighted by Crippen LogP contribution is 2.34. The zero-order valence-electron chi connectivity index (χ0n) is 11.4. The normalized spacial score (nSPS) is 9.86. The first-order valence-electron chi connectivity index (χ1n) is 6.55. The van der Waals surface area contributed by atoms with E-state index in [0.717, 1.165) is 26.7 Å². The highest BCUT2D eigenvalue weighted by molar-refractivity contribution is 9.11. The Labute approximate surface area is 142 Å². The lowest BCUT2D eigenvalue weighted by molar-refractivity contribution is 0.365. The van der Waals surface area contributed by atoms with Crippen LogP contribution in [0.4, 0.5) is 0 Å². The Morgan fingerprint density at radius 1 is 1.05 bits per heavy atom. The maximum absolute atomic E-state index is 5.72. The van der Waals surface area contributed by atoms with E-state index >= 15 is 0 Å². The van der Waals surface area contributed by atoms with Gasteiger partial charge in [0.25, 0.3) is 0 Å². The lowest BCUT2D eigenvalue weighted by atomic mass is 10.1. The second-order valence-electron chi connectivity index (χ2n) is 4.38. The first-order chi connectivity index (χ1) is 10.2. The van der Waals surface area contributed by atoms with E-state index in [0.29, 0.717) is 13.2 Å². The van der Waals surface area contributed by atoms with Gasteiger partial charge in [-0.25, -0.2) is 0 Å². The summed E-state index contributed by atoms with van der Waals surface area (Å²) < 4.78 is 7.53. The number of ether oxygens (including phenoxy) is 1. The zero-order chi connectivity index (χ0) is 15.1. The molecule has 2 N–H and O–H groups in total. The topological polar surface area (TPSA) is 35.2 Å². The molecular formula is C17H15Br2NO. The third kappa shape index (κ3) is 4.89. The quantitative estimate of drug-likeness (QED) is 0.771. The van der Waals surface area contributed by atoms with Crippen molar-refractivity contribution < 1.29 is 4.74 Å². The summed E-state index contributed by atoms with van der Waals surface area (Å²) in [6, 6.07) is 13.9. The van der Waals surface area contributed by atoms with Crippen molar-refractivity contribution in [2.24, 2.45) is 5.73 Å². The van der Waals surface area contributed by atoms with Gasteiger partial charge in [0.15, 0.2) is 0 Å². The van der Waals surface area contributed by atoms with Crippen molar-refractivity contribution in [3.05, 3.63) is 62.5 Å². The summed E-state index contributed by atoms with van der Waals surface area (Å²) in [5, 5.41) is 0. The van der Waals surface area contributed by atoms with E-state index in [-0.39, 0.29) is 0 Å². The summed E-state index contributed by atoms with van der Waals surface area (Å²) in [5.74, 6) is 6.84. The Kier molecular flexibility index (Phi) is 6.31. The second kappa shape index (κ2) is 8.23. The lowest BCUT2D eigenvalue weighted by Crippen LogP contribution is -2.03. The molecule has 108 valence electrons. The predicted octanol–water partition coefficient (Wildman–Crippen LogP) is 4.14. The SMILES string of the molecule is NCCc1cc(Br)c(OCC#Cc2ccccc2)c(Br)c1. The standard InChI is InChI=1S/C17H15Br2NO/c18-15-11-14(8-9-20)12-16(19)17(15)21-10-4-7-13-5-2-1-3-6-13/h1-3,5-6,11-12H,8-10,20H2. The molecule has 0 atom stereocenters. The van der Waals surface area contributed by atoms with E-state index in [9.17, 15) is 0 Å². The van der Waals surface area contributed by atoms with Crippen LogP contribution in [0, 0.1) is 11.8 Å². The number of halogens is 2. The molecule has 4 heteroatoms. The van der Waals surface area contributed by atoms with Crippen LogP contribution in [0.5, 0.6) is 5.75 Å². The first kappa shape index (κ1) is 16.1. The molecular weight excluding hydrogens is 394 g/mol. The molecule has 0 aromatic heterocycles. The van der Waals surface area contributed by atoms with Gasteiger partial charge in [-0.1, -0.05) is 30.0 Å². The summed E-state index contributed by atoms with van der Waals surface area (Å²) >= 11 is 7.04. The fourth-order valence-corrected chi connectivity index (χ4v) is 3.34. The molecule has 2 aromatic rings. The van der Waals surface area contributed by atoms with Gasteiger partial charge < -0.3 is 10.5 Å². The molecule has 0 unspecified atom stereocenters. The van der Waals surface area contributed by atoms with Gasteiger partial charge in [-0.05, 0) is 74.7 Å². The molecule has 2 rings (SSSR count). The molecule has 0 radical (unpaired) electrons. The number of hydrogen-bond acceptors (Lipinski definition) is 2. The molecule has 0 saturated carbocycles. The molecule has 0 spiro atoms. The van der Waals surface area contributed by atoms with E-state index < -0.39 is 0 Å². The van der Waals surface area contributed by atoms with E-state index in [1.807, 2.05) is 42.5 Å². The van der Waals surface area contributed by atoms with Gasteiger partial charge >= 0.3 is 0 Å². The second-order valence-corrected chi connectivity index (χ2v) is 6.09. The first-order valence-corrected chi connectivity index (χ1v) is 8.14. The summed E-state index contributed by atoms with van der Waals surface area (Å²) in [5.41, 5.74) is 7.72. The fraction of sp³-hybridized carbons (Fsp3) is 0.176. The Morgan fingerprint density at radius 2 is 1.71 bits per heavy atom. The summed E-state index contributed by atoms with van der Waals surface area (Å²) in [6.45, 7) is 0.962. The molecule has 0 aliphatic heterocycles. The minimum Gasteiger partial charge on any atom is -0.479 e. The summed E-state index contributed by atoms with van der Waals surface area (Å²) in [7, 11) is 0. The van der Waals surface area contributed by atoms with Crippen LogP contribution in [0.3, 0.4) is 0 Å². The van der Waals surface area contributed by atoms with Gasteiger partial charge in [0.05, 0.1) is 8.95 Å². The number of benzene rings is 2. The van der Waals surface area contributed by atoms with E-state index in [1.165, 1.54) is 5.56 Å². The molecule has 0 aliphatic rings. The van der Waals surface area contributed by atoms with Crippen LogP contribution >= 0.6 is 31.9 Å². The van der Waals surface area contributed by atoms with E-state index in [4.69, 9.17) is 10.5 Å². The van der Waals surface area contributed by atoms with Crippen molar-refractivity contribution in [2.45, 2.75) is 6.42 Å². The van der Waals surface area contributed by atoms with Crippen LogP contribution < -0.4 is 10.5 Å². The molecule has 0 saturated heterocycles. The lowest BCUT2D eigenvalue weighted by Gasteiger charge is -2.10. The van der Waals surface area contributed by atoms with Crippen LogP contribution in [-0.4, -0.2) is 13.2 Å². The third-order valence-corrected chi connectivity index (χ3v) is 3.96. The number of hydrogen-bond donors (Lipinski definition) is 1. The van der Waals surface area contributed by atoms with Gasteiger partial charge in [0.1, 0.15) is 12.4 Å². The van der Waals surface area contributed by atoms with E-state index in [2.05, 4.69) is 43.7 Å². The van der Waals surface area contributed by atoms with Crippen molar-refractivity contribution in [3.8, 4) is 17.6 Å². The molecule has 0 aliphatic carbocycles. The molecule has 0 fully saturated rings. The molecule has 21 heavy (non-hydrogen) atoms. The van der Waals surface area contributed by atoms with Gasteiger partial charge in [-0.15, -0.1) is 0 Å². The van der Waals surface area contributed by atoms with Crippen LogP contribution in [0.15, 0.2) is 51.4 Å². The number of nitrogens with two attached hydrogens (primary N) is 1. The Bertz CT molecular complexity index is 636. The maximum Gasteiger partial charge on any atom is 0.149 e. The van der Waals surface area contributed by atoms with Crippen LogP contribution in [0.1, 0.15) is 11.1 Å². The van der Waals surface area contributed by atoms with Gasteiger partial charge in [0.2, 0.25) is 0 Å². The van der Waals surface area contributed by atoms with Crippen molar-refractivity contribution >= 4 is 31.9 Å². The molecule has 0 amide bonds. The van der Waals surface area contributed by atoms with Gasteiger partial charge in [-0.3, -0.25) is 0 Å². The Morgan fingerprint density at radius 3 is 2.33 bits per heavy atom. The van der Waals surface area contributed by atoms with Gasteiger partial charge in [0, 0.05) is 5.56 Å².